The van der Waals surface area contributed by atoms with Crippen LogP contribution < -0.4 is 10.5 Å². The Labute approximate surface area is 72.6 Å². The molecule has 1 aromatic rings. The lowest BCUT2D eigenvalue weighted by Gasteiger charge is -2.07. The van der Waals surface area contributed by atoms with Crippen LogP contribution in [0, 0.1) is 11.3 Å². The monoisotopic (exact) mass is 185 g/mol. The van der Waals surface area contributed by atoms with Crippen molar-refractivity contribution in [1.29, 1.82) is 5.26 Å². The fourth-order valence-corrected chi connectivity index (χ4v) is 0.756. The summed E-state index contributed by atoms with van der Waals surface area (Å²) in [6, 6.07) is 2.87. The van der Waals surface area contributed by atoms with Crippen molar-refractivity contribution in [3.05, 3.63) is 18.0 Å². The summed E-state index contributed by atoms with van der Waals surface area (Å²) < 4.78 is 27.6. The summed E-state index contributed by atoms with van der Waals surface area (Å²) in [6.45, 7) is -3.02. The zero-order valence-corrected chi connectivity index (χ0v) is 6.37. The minimum atomic E-state index is -3.02. The third-order valence-corrected chi connectivity index (χ3v) is 1.25. The molecule has 1 aromatic heterocycles. The van der Waals surface area contributed by atoms with Gasteiger partial charge in [-0.05, 0) is 6.07 Å². The molecule has 68 valence electrons. The Morgan fingerprint density at radius 2 is 2.31 bits per heavy atom. The Morgan fingerprint density at radius 1 is 1.62 bits per heavy atom. The quantitative estimate of drug-likeness (QED) is 0.749. The highest BCUT2D eigenvalue weighted by molar-refractivity contribution is 5.57. The van der Waals surface area contributed by atoms with Crippen LogP contribution in [0.4, 0.5) is 14.5 Å². The van der Waals surface area contributed by atoms with Gasteiger partial charge >= 0.3 is 6.61 Å². The second-order valence-corrected chi connectivity index (χ2v) is 2.07. The Kier molecular flexibility index (Phi) is 2.59. The van der Waals surface area contributed by atoms with E-state index in [1.165, 1.54) is 12.3 Å². The van der Waals surface area contributed by atoms with Crippen molar-refractivity contribution >= 4 is 5.69 Å². The summed E-state index contributed by atoms with van der Waals surface area (Å²) in [5.41, 5.74) is 5.01. The highest BCUT2D eigenvalue weighted by Crippen LogP contribution is 2.25. The molecule has 1 rings (SSSR count). The number of nitrogen functional groups attached to an aromatic ring is 1. The molecule has 0 aliphatic carbocycles. The first kappa shape index (κ1) is 9.19. The van der Waals surface area contributed by atoms with E-state index in [0.717, 1.165) is 0 Å². The molecular formula is C7H5F2N3O. The van der Waals surface area contributed by atoms with Gasteiger partial charge < -0.3 is 10.5 Å². The number of nitriles is 1. The zero-order valence-electron chi connectivity index (χ0n) is 6.37. The van der Waals surface area contributed by atoms with E-state index >= 15 is 0 Å². The first-order valence-electron chi connectivity index (χ1n) is 3.24. The van der Waals surface area contributed by atoms with E-state index in [-0.39, 0.29) is 17.1 Å². The molecule has 4 nitrogen and oxygen atoms in total. The van der Waals surface area contributed by atoms with Crippen LogP contribution in [0.2, 0.25) is 0 Å². The molecule has 0 saturated heterocycles. The van der Waals surface area contributed by atoms with Gasteiger partial charge in [0, 0.05) is 6.20 Å². The predicted octanol–water partition coefficient (Wildman–Crippen LogP) is 1.14. The van der Waals surface area contributed by atoms with Crippen LogP contribution in [0.15, 0.2) is 12.3 Å². The van der Waals surface area contributed by atoms with E-state index in [0.29, 0.717) is 0 Å². The molecule has 0 aromatic carbocycles. The summed E-state index contributed by atoms with van der Waals surface area (Å²) in [7, 11) is 0. The van der Waals surface area contributed by atoms with Crippen LogP contribution >= 0.6 is 0 Å². The highest BCUT2D eigenvalue weighted by Gasteiger charge is 2.13. The smallest absolute Gasteiger partial charge is 0.387 e. The second kappa shape index (κ2) is 3.67. The van der Waals surface area contributed by atoms with Crippen LogP contribution in [-0.4, -0.2) is 11.6 Å². The van der Waals surface area contributed by atoms with Crippen LogP contribution in [0.5, 0.6) is 5.75 Å². The van der Waals surface area contributed by atoms with Crippen LogP contribution in [0.25, 0.3) is 0 Å². The molecular weight excluding hydrogens is 180 g/mol. The van der Waals surface area contributed by atoms with Gasteiger partial charge in [0.1, 0.15) is 6.07 Å². The van der Waals surface area contributed by atoms with Gasteiger partial charge in [-0.3, -0.25) is 0 Å². The standard InChI is InChI=1S/C7H5F2N3O/c8-7(9)13-6-4(11)1-2-12-5(6)3-10/h1-2,7H,(H2,11,12). The van der Waals surface area contributed by atoms with Crippen molar-refractivity contribution < 1.29 is 13.5 Å². The van der Waals surface area contributed by atoms with Gasteiger partial charge in [0.2, 0.25) is 0 Å². The van der Waals surface area contributed by atoms with Crippen LogP contribution in [0.1, 0.15) is 5.69 Å². The average Bonchev–Trinajstić information content (AvgIpc) is 2.08. The number of rotatable bonds is 2. The maximum Gasteiger partial charge on any atom is 0.387 e. The number of nitrogens with zero attached hydrogens (tertiary/aromatic N) is 2. The Balaban J connectivity index is 3.10. The molecule has 0 atom stereocenters. The molecule has 1 heterocycles. The maximum absolute atomic E-state index is 11.8. The number of aromatic nitrogens is 1. The topological polar surface area (TPSA) is 71.9 Å². The Hall–Kier alpha value is -1.90. The van der Waals surface area contributed by atoms with E-state index in [4.69, 9.17) is 11.0 Å². The van der Waals surface area contributed by atoms with Gasteiger partial charge in [-0.15, -0.1) is 0 Å². The molecule has 0 aliphatic heterocycles. The van der Waals surface area contributed by atoms with E-state index in [2.05, 4.69) is 9.72 Å². The van der Waals surface area contributed by atoms with Crippen molar-refractivity contribution in [1.82, 2.24) is 4.98 Å². The van der Waals surface area contributed by atoms with Crippen molar-refractivity contribution in [2.75, 3.05) is 5.73 Å². The number of hydrogen-bond donors (Lipinski definition) is 1. The average molecular weight is 185 g/mol. The number of pyridine rings is 1. The van der Waals surface area contributed by atoms with Gasteiger partial charge in [-0.2, -0.15) is 14.0 Å². The number of halogens is 2. The number of hydrogen-bond acceptors (Lipinski definition) is 4. The predicted molar refractivity (Wildman–Crippen MR) is 40.0 cm³/mol. The lowest BCUT2D eigenvalue weighted by Crippen LogP contribution is -2.06. The summed E-state index contributed by atoms with van der Waals surface area (Å²) in [4.78, 5) is 3.51. The number of anilines is 1. The van der Waals surface area contributed by atoms with Crippen LogP contribution in [-0.2, 0) is 0 Å². The maximum atomic E-state index is 11.8. The zero-order chi connectivity index (χ0) is 9.84. The van der Waals surface area contributed by atoms with E-state index in [1.54, 1.807) is 6.07 Å². The van der Waals surface area contributed by atoms with Gasteiger partial charge in [0.15, 0.2) is 11.4 Å². The lowest BCUT2D eigenvalue weighted by atomic mass is 10.3. The summed E-state index contributed by atoms with van der Waals surface area (Å²) >= 11 is 0. The molecule has 0 saturated carbocycles. The number of alkyl halides is 2. The molecule has 0 aliphatic rings. The van der Waals surface area contributed by atoms with E-state index < -0.39 is 6.61 Å². The number of ether oxygens (including phenoxy) is 1. The summed E-state index contributed by atoms with van der Waals surface area (Å²) in [5.74, 6) is -0.375. The molecule has 2 N–H and O–H groups in total. The molecule has 13 heavy (non-hydrogen) atoms. The van der Waals surface area contributed by atoms with E-state index in [1.807, 2.05) is 0 Å². The molecule has 0 spiro atoms. The molecule has 0 unspecified atom stereocenters. The minimum Gasteiger partial charge on any atom is -0.429 e. The fraction of sp³-hybridized carbons (Fsp3) is 0.143. The fourth-order valence-electron chi connectivity index (χ4n) is 0.756. The molecule has 0 bridgehead atoms. The first-order chi connectivity index (χ1) is 6.15. The van der Waals surface area contributed by atoms with Crippen molar-refractivity contribution in [3.63, 3.8) is 0 Å². The molecule has 0 fully saturated rings. The normalized spacial score (nSPS) is 9.69. The lowest BCUT2D eigenvalue weighted by molar-refractivity contribution is -0.0497. The molecule has 0 radical (unpaired) electrons. The largest absolute Gasteiger partial charge is 0.429 e. The van der Waals surface area contributed by atoms with Gasteiger partial charge in [0.05, 0.1) is 5.69 Å². The summed E-state index contributed by atoms with van der Waals surface area (Å²) in [5, 5.41) is 8.46. The first-order valence-corrected chi connectivity index (χ1v) is 3.24. The summed E-state index contributed by atoms with van der Waals surface area (Å²) in [6.07, 6.45) is 1.24. The SMILES string of the molecule is N#Cc1nccc(N)c1OC(F)F. The molecule has 6 heteroatoms. The van der Waals surface area contributed by atoms with Crippen molar-refractivity contribution in [2.24, 2.45) is 0 Å². The minimum absolute atomic E-state index is 0.0353. The Morgan fingerprint density at radius 3 is 2.85 bits per heavy atom. The second-order valence-electron chi connectivity index (χ2n) is 2.07. The molecule has 0 amide bonds. The van der Waals surface area contributed by atoms with E-state index in [9.17, 15) is 8.78 Å². The van der Waals surface area contributed by atoms with Gasteiger partial charge in [0.25, 0.3) is 0 Å². The van der Waals surface area contributed by atoms with Gasteiger partial charge in [-0.25, -0.2) is 4.98 Å². The van der Waals surface area contributed by atoms with Crippen LogP contribution in [0.3, 0.4) is 0 Å². The number of nitrogens with two attached hydrogens (primary N) is 1. The van der Waals surface area contributed by atoms with Crippen molar-refractivity contribution in [3.8, 4) is 11.8 Å². The third-order valence-electron chi connectivity index (χ3n) is 1.25. The van der Waals surface area contributed by atoms with Gasteiger partial charge in [-0.1, -0.05) is 0 Å². The third kappa shape index (κ3) is 2.02. The Bertz CT molecular complexity index is 348. The highest BCUT2D eigenvalue weighted by atomic mass is 19.3. The van der Waals surface area contributed by atoms with Crippen molar-refractivity contribution in [2.45, 2.75) is 6.61 Å².